The SMILES string of the molecule is CC(C)(C)OCC(O)CN1CCCSCC1. The van der Waals surface area contributed by atoms with E-state index in [1.165, 1.54) is 17.9 Å². The van der Waals surface area contributed by atoms with Gasteiger partial charge in [0.25, 0.3) is 0 Å². The molecular formula is C12H25NO2S. The van der Waals surface area contributed by atoms with Gasteiger partial charge >= 0.3 is 0 Å². The van der Waals surface area contributed by atoms with Crippen molar-refractivity contribution in [2.75, 3.05) is 37.7 Å². The molecule has 1 aliphatic rings. The summed E-state index contributed by atoms with van der Waals surface area (Å²) in [5.74, 6) is 2.44. The molecule has 1 atom stereocenters. The number of hydrogen-bond acceptors (Lipinski definition) is 4. The molecule has 3 nitrogen and oxygen atoms in total. The van der Waals surface area contributed by atoms with Crippen molar-refractivity contribution in [3.63, 3.8) is 0 Å². The highest BCUT2D eigenvalue weighted by Crippen LogP contribution is 2.11. The Kier molecular flexibility index (Phi) is 6.11. The fourth-order valence-electron chi connectivity index (χ4n) is 1.68. The molecule has 0 aromatic carbocycles. The van der Waals surface area contributed by atoms with Crippen molar-refractivity contribution < 1.29 is 9.84 Å². The second kappa shape index (κ2) is 6.84. The van der Waals surface area contributed by atoms with Crippen molar-refractivity contribution in [3.05, 3.63) is 0 Å². The predicted molar refractivity (Wildman–Crippen MR) is 70.1 cm³/mol. The Labute approximate surface area is 104 Å². The van der Waals surface area contributed by atoms with Crippen LogP contribution in [0.5, 0.6) is 0 Å². The van der Waals surface area contributed by atoms with Gasteiger partial charge in [0, 0.05) is 18.8 Å². The van der Waals surface area contributed by atoms with E-state index in [1.807, 2.05) is 32.5 Å². The van der Waals surface area contributed by atoms with E-state index in [9.17, 15) is 5.11 Å². The Bertz CT molecular complexity index is 186. The van der Waals surface area contributed by atoms with Gasteiger partial charge < -0.3 is 9.84 Å². The van der Waals surface area contributed by atoms with Crippen molar-refractivity contribution in [2.24, 2.45) is 0 Å². The van der Waals surface area contributed by atoms with Crippen molar-refractivity contribution in [2.45, 2.75) is 38.9 Å². The molecule has 1 fully saturated rings. The van der Waals surface area contributed by atoms with Gasteiger partial charge in [-0.3, -0.25) is 4.90 Å². The Morgan fingerprint density at radius 3 is 2.75 bits per heavy atom. The van der Waals surface area contributed by atoms with Crippen molar-refractivity contribution in [1.82, 2.24) is 4.90 Å². The third-order valence-electron chi connectivity index (χ3n) is 2.49. The lowest BCUT2D eigenvalue weighted by Gasteiger charge is -2.26. The molecule has 96 valence electrons. The third-order valence-corrected chi connectivity index (χ3v) is 3.54. The summed E-state index contributed by atoms with van der Waals surface area (Å²) in [7, 11) is 0. The van der Waals surface area contributed by atoms with E-state index in [0.29, 0.717) is 6.61 Å². The molecule has 0 radical (unpaired) electrons. The molecule has 1 saturated heterocycles. The van der Waals surface area contributed by atoms with Crippen LogP contribution in [0.3, 0.4) is 0 Å². The molecule has 1 heterocycles. The summed E-state index contributed by atoms with van der Waals surface area (Å²) >= 11 is 2.01. The maximum absolute atomic E-state index is 9.88. The first-order valence-electron chi connectivity index (χ1n) is 6.09. The number of hydrogen-bond donors (Lipinski definition) is 1. The van der Waals surface area contributed by atoms with Gasteiger partial charge in [-0.1, -0.05) is 0 Å². The molecular weight excluding hydrogens is 222 g/mol. The quantitative estimate of drug-likeness (QED) is 0.818. The van der Waals surface area contributed by atoms with Gasteiger partial charge in [-0.15, -0.1) is 0 Å². The van der Waals surface area contributed by atoms with Gasteiger partial charge in [-0.05, 0) is 39.5 Å². The second-order valence-corrected chi connectivity index (χ2v) is 6.57. The van der Waals surface area contributed by atoms with E-state index >= 15 is 0 Å². The summed E-state index contributed by atoms with van der Waals surface area (Å²) in [6, 6.07) is 0. The largest absolute Gasteiger partial charge is 0.389 e. The molecule has 1 unspecified atom stereocenters. The average Bonchev–Trinajstić information content (AvgIpc) is 2.42. The molecule has 0 saturated carbocycles. The van der Waals surface area contributed by atoms with Gasteiger partial charge in [0.15, 0.2) is 0 Å². The Balaban J connectivity index is 2.19. The average molecular weight is 247 g/mol. The van der Waals surface area contributed by atoms with Crippen molar-refractivity contribution in [3.8, 4) is 0 Å². The number of aliphatic hydroxyl groups is 1. The van der Waals surface area contributed by atoms with E-state index in [4.69, 9.17) is 4.74 Å². The normalized spacial score (nSPS) is 21.8. The summed E-state index contributed by atoms with van der Waals surface area (Å²) in [5, 5.41) is 9.88. The molecule has 4 heteroatoms. The molecule has 16 heavy (non-hydrogen) atoms. The first kappa shape index (κ1) is 14.3. The van der Waals surface area contributed by atoms with Gasteiger partial charge in [-0.2, -0.15) is 11.8 Å². The van der Waals surface area contributed by atoms with Crippen LogP contribution in [-0.2, 0) is 4.74 Å². The van der Waals surface area contributed by atoms with Crippen LogP contribution < -0.4 is 0 Å². The van der Waals surface area contributed by atoms with Crippen LogP contribution >= 0.6 is 11.8 Å². The van der Waals surface area contributed by atoms with Crippen LogP contribution in [0.1, 0.15) is 27.2 Å². The lowest BCUT2D eigenvalue weighted by atomic mass is 10.2. The van der Waals surface area contributed by atoms with Crippen LogP contribution in [0.2, 0.25) is 0 Å². The van der Waals surface area contributed by atoms with Crippen LogP contribution in [0.25, 0.3) is 0 Å². The summed E-state index contributed by atoms with van der Waals surface area (Å²) in [5.41, 5.74) is -0.157. The number of nitrogens with zero attached hydrogens (tertiary/aromatic N) is 1. The summed E-state index contributed by atoms with van der Waals surface area (Å²) in [6.07, 6.45) is 0.875. The van der Waals surface area contributed by atoms with Crippen molar-refractivity contribution in [1.29, 1.82) is 0 Å². The molecule has 0 amide bonds. The summed E-state index contributed by atoms with van der Waals surface area (Å²) in [4.78, 5) is 2.34. The fraction of sp³-hybridized carbons (Fsp3) is 1.00. The van der Waals surface area contributed by atoms with Crippen molar-refractivity contribution >= 4 is 11.8 Å². The van der Waals surface area contributed by atoms with E-state index in [0.717, 1.165) is 19.6 Å². The van der Waals surface area contributed by atoms with Crippen LogP contribution in [-0.4, -0.2) is 59.5 Å². The van der Waals surface area contributed by atoms with E-state index in [2.05, 4.69) is 4.90 Å². The number of β-amino-alcohol motifs (C(OH)–C–C–N with tert-alkyl or cyclic N) is 1. The van der Waals surface area contributed by atoms with Gasteiger partial charge in [-0.25, -0.2) is 0 Å². The van der Waals surface area contributed by atoms with Gasteiger partial charge in [0.2, 0.25) is 0 Å². The van der Waals surface area contributed by atoms with Crippen LogP contribution in [0, 0.1) is 0 Å². The number of aliphatic hydroxyl groups excluding tert-OH is 1. The molecule has 0 aromatic rings. The van der Waals surface area contributed by atoms with Gasteiger partial charge in [0.1, 0.15) is 0 Å². The Morgan fingerprint density at radius 2 is 2.06 bits per heavy atom. The molecule has 1 N–H and O–H groups in total. The molecule has 0 aliphatic carbocycles. The minimum Gasteiger partial charge on any atom is -0.389 e. The van der Waals surface area contributed by atoms with E-state index in [1.54, 1.807) is 0 Å². The molecule has 1 aliphatic heterocycles. The maximum Gasteiger partial charge on any atom is 0.0900 e. The van der Waals surface area contributed by atoms with E-state index in [-0.39, 0.29) is 11.7 Å². The Hall–Kier alpha value is 0.230. The number of thioether (sulfide) groups is 1. The third kappa shape index (κ3) is 6.74. The molecule has 0 bridgehead atoms. The molecule has 0 aromatic heterocycles. The molecule has 1 rings (SSSR count). The van der Waals surface area contributed by atoms with Crippen LogP contribution in [0.4, 0.5) is 0 Å². The maximum atomic E-state index is 9.88. The first-order chi connectivity index (χ1) is 7.47. The highest BCUT2D eigenvalue weighted by Gasteiger charge is 2.17. The number of ether oxygens (including phenoxy) is 1. The fourth-order valence-corrected chi connectivity index (χ4v) is 2.60. The lowest BCUT2D eigenvalue weighted by molar-refractivity contribution is -0.0556. The van der Waals surface area contributed by atoms with E-state index < -0.39 is 0 Å². The minimum atomic E-state index is -0.359. The smallest absolute Gasteiger partial charge is 0.0900 e. The standard InChI is InChI=1S/C12H25NO2S/c1-12(2,3)15-10-11(14)9-13-5-4-7-16-8-6-13/h11,14H,4-10H2,1-3H3. The first-order valence-corrected chi connectivity index (χ1v) is 7.25. The summed E-state index contributed by atoms with van der Waals surface area (Å²) in [6.45, 7) is 9.44. The minimum absolute atomic E-state index is 0.157. The number of rotatable bonds is 4. The zero-order chi connectivity index (χ0) is 12.0. The molecule has 0 spiro atoms. The zero-order valence-electron chi connectivity index (χ0n) is 10.7. The zero-order valence-corrected chi connectivity index (χ0v) is 11.6. The summed E-state index contributed by atoms with van der Waals surface area (Å²) < 4.78 is 5.58. The Morgan fingerprint density at radius 1 is 1.31 bits per heavy atom. The lowest BCUT2D eigenvalue weighted by Crippen LogP contribution is -2.38. The second-order valence-electron chi connectivity index (χ2n) is 5.34. The monoisotopic (exact) mass is 247 g/mol. The highest BCUT2D eigenvalue weighted by atomic mass is 32.2. The predicted octanol–water partition coefficient (Wildman–Crippen LogP) is 1.60. The topological polar surface area (TPSA) is 32.7 Å². The van der Waals surface area contributed by atoms with Crippen LogP contribution in [0.15, 0.2) is 0 Å². The highest BCUT2D eigenvalue weighted by molar-refractivity contribution is 7.99. The van der Waals surface area contributed by atoms with Gasteiger partial charge in [0.05, 0.1) is 18.3 Å².